The molecule has 25 heavy (non-hydrogen) atoms. The molecule has 0 saturated carbocycles. The fraction of sp³-hybridized carbons (Fsp3) is 0.118. The van der Waals surface area contributed by atoms with Gasteiger partial charge < -0.3 is 5.32 Å². The van der Waals surface area contributed by atoms with Gasteiger partial charge in [-0.15, -0.1) is 0 Å². The van der Waals surface area contributed by atoms with Gasteiger partial charge in [0.25, 0.3) is 5.91 Å². The summed E-state index contributed by atoms with van der Waals surface area (Å²) in [6, 6.07) is 11.2. The Kier molecular flexibility index (Phi) is 4.26. The summed E-state index contributed by atoms with van der Waals surface area (Å²) in [4.78, 5) is 15.5. The van der Waals surface area contributed by atoms with Crippen molar-refractivity contribution in [3.8, 4) is 5.69 Å². The first-order chi connectivity index (χ1) is 11.9. The predicted octanol–water partition coefficient (Wildman–Crippen LogP) is 3.85. The number of carbonyl (C=O) groups is 1. The second-order valence-corrected chi connectivity index (χ2v) is 5.28. The number of alkyl halides is 3. The zero-order chi connectivity index (χ0) is 18.0. The van der Waals surface area contributed by atoms with Gasteiger partial charge in [-0.25, -0.2) is 4.68 Å². The number of nitrogens with zero attached hydrogens (tertiary/aromatic N) is 3. The molecule has 2 aromatic heterocycles. The van der Waals surface area contributed by atoms with Crippen LogP contribution in [0.4, 0.5) is 18.9 Å². The van der Waals surface area contributed by atoms with E-state index in [-0.39, 0.29) is 5.56 Å². The summed E-state index contributed by atoms with van der Waals surface area (Å²) in [5.74, 6) is -0.558. The summed E-state index contributed by atoms with van der Waals surface area (Å²) in [6.45, 7) is 1.78. The third-order valence-electron chi connectivity index (χ3n) is 3.57. The minimum absolute atomic E-state index is 0.0276. The normalized spacial score (nSPS) is 11.4. The van der Waals surface area contributed by atoms with Crippen LogP contribution in [0.2, 0.25) is 0 Å². The lowest BCUT2D eigenvalue weighted by atomic mass is 10.2. The van der Waals surface area contributed by atoms with Crippen LogP contribution in [0.25, 0.3) is 5.69 Å². The van der Waals surface area contributed by atoms with E-state index in [1.807, 2.05) is 30.3 Å². The number of halogens is 3. The average Bonchev–Trinajstić information content (AvgIpc) is 2.96. The van der Waals surface area contributed by atoms with Gasteiger partial charge >= 0.3 is 6.18 Å². The maximum atomic E-state index is 12.5. The maximum absolute atomic E-state index is 12.5. The maximum Gasteiger partial charge on any atom is 0.433 e. The molecule has 0 aliphatic carbocycles. The summed E-state index contributed by atoms with van der Waals surface area (Å²) in [7, 11) is 0. The molecule has 1 N–H and O–H groups in total. The standard InChI is InChI=1S/C17H13F3N4O/c1-11-14(10-22-24(11)13-5-3-2-4-6-13)23-16(25)12-7-8-15(21-9-12)17(18,19)20/h2-10H,1H3,(H,23,25). The van der Waals surface area contributed by atoms with E-state index in [1.165, 1.54) is 6.20 Å². The Morgan fingerprint density at radius 1 is 1.08 bits per heavy atom. The van der Waals surface area contributed by atoms with Crippen LogP contribution in [0.15, 0.2) is 54.9 Å². The largest absolute Gasteiger partial charge is 0.433 e. The number of nitrogens with one attached hydrogen (secondary N) is 1. The number of pyridine rings is 1. The Morgan fingerprint density at radius 3 is 2.40 bits per heavy atom. The van der Waals surface area contributed by atoms with Gasteiger partial charge in [-0.2, -0.15) is 18.3 Å². The number of anilines is 1. The van der Waals surface area contributed by atoms with Gasteiger partial charge in [0.05, 0.1) is 28.8 Å². The monoisotopic (exact) mass is 346 g/mol. The molecule has 1 aromatic carbocycles. The molecule has 0 atom stereocenters. The lowest BCUT2D eigenvalue weighted by Gasteiger charge is -2.08. The molecule has 0 bridgehead atoms. The number of hydrogen-bond acceptors (Lipinski definition) is 3. The molecule has 128 valence electrons. The highest BCUT2D eigenvalue weighted by atomic mass is 19.4. The zero-order valence-electron chi connectivity index (χ0n) is 13.1. The van der Waals surface area contributed by atoms with Gasteiger partial charge in [-0.1, -0.05) is 18.2 Å². The Bertz CT molecular complexity index is 887. The van der Waals surface area contributed by atoms with Gasteiger partial charge in [0.15, 0.2) is 0 Å². The van der Waals surface area contributed by atoms with Crippen LogP contribution >= 0.6 is 0 Å². The molecule has 8 heteroatoms. The highest BCUT2D eigenvalue weighted by Gasteiger charge is 2.32. The second-order valence-electron chi connectivity index (χ2n) is 5.28. The van der Waals surface area contributed by atoms with E-state index >= 15 is 0 Å². The minimum atomic E-state index is -4.54. The van der Waals surface area contributed by atoms with E-state index in [0.717, 1.165) is 24.0 Å². The molecule has 5 nitrogen and oxygen atoms in total. The Labute approximate surface area is 141 Å². The lowest BCUT2D eigenvalue weighted by molar-refractivity contribution is -0.141. The van der Waals surface area contributed by atoms with Crippen molar-refractivity contribution in [2.75, 3.05) is 5.32 Å². The van der Waals surface area contributed by atoms with Gasteiger partial charge in [0, 0.05) is 6.20 Å². The number of benzene rings is 1. The van der Waals surface area contributed by atoms with Crippen molar-refractivity contribution in [2.24, 2.45) is 0 Å². The number of rotatable bonds is 3. The van der Waals surface area contributed by atoms with Crippen LogP contribution in [0, 0.1) is 6.92 Å². The van der Waals surface area contributed by atoms with Crippen LogP contribution < -0.4 is 5.32 Å². The summed E-state index contributed by atoms with van der Waals surface area (Å²) in [5.41, 5.74) is 0.974. The Hall–Kier alpha value is -3.16. The van der Waals surface area contributed by atoms with Crippen LogP contribution in [-0.2, 0) is 6.18 Å². The second kappa shape index (κ2) is 6.39. The van der Waals surface area contributed by atoms with Crippen molar-refractivity contribution in [1.82, 2.24) is 14.8 Å². The smallest absolute Gasteiger partial charge is 0.319 e. The lowest BCUT2D eigenvalue weighted by Crippen LogP contribution is -2.14. The Morgan fingerprint density at radius 2 is 1.80 bits per heavy atom. The highest BCUT2D eigenvalue weighted by molar-refractivity contribution is 6.04. The summed E-state index contributed by atoms with van der Waals surface area (Å²) in [5, 5.41) is 6.85. The summed E-state index contributed by atoms with van der Waals surface area (Å²) < 4.78 is 39.2. The van der Waals surface area contributed by atoms with E-state index in [1.54, 1.807) is 11.6 Å². The molecular weight excluding hydrogens is 333 g/mol. The number of para-hydroxylation sites is 1. The van der Waals surface area contributed by atoms with Gasteiger partial charge in [0.1, 0.15) is 5.69 Å². The van der Waals surface area contributed by atoms with E-state index in [0.29, 0.717) is 11.4 Å². The molecule has 0 radical (unpaired) electrons. The highest BCUT2D eigenvalue weighted by Crippen LogP contribution is 2.27. The number of aromatic nitrogens is 3. The van der Waals surface area contributed by atoms with Crippen LogP contribution in [-0.4, -0.2) is 20.7 Å². The predicted molar refractivity (Wildman–Crippen MR) is 85.5 cm³/mol. The van der Waals surface area contributed by atoms with Crippen LogP contribution in [0.1, 0.15) is 21.7 Å². The van der Waals surface area contributed by atoms with Crippen molar-refractivity contribution in [3.05, 3.63) is 71.8 Å². The van der Waals surface area contributed by atoms with Gasteiger partial charge in [0.2, 0.25) is 0 Å². The average molecular weight is 346 g/mol. The summed E-state index contributed by atoms with van der Waals surface area (Å²) >= 11 is 0. The molecule has 3 aromatic rings. The van der Waals surface area contributed by atoms with Crippen molar-refractivity contribution in [3.63, 3.8) is 0 Å². The topological polar surface area (TPSA) is 59.8 Å². The number of carbonyl (C=O) groups excluding carboxylic acids is 1. The van der Waals surface area contributed by atoms with Gasteiger partial charge in [-0.05, 0) is 31.2 Å². The SMILES string of the molecule is Cc1c(NC(=O)c2ccc(C(F)(F)F)nc2)cnn1-c1ccccc1. The van der Waals surface area contributed by atoms with Crippen molar-refractivity contribution in [1.29, 1.82) is 0 Å². The molecule has 0 unspecified atom stereocenters. The number of hydrogen-bond donors (Lipinski definition) is 1. The number of amides is 1. The van der Waals surface area contributed by atoms with Crippen molar-refractivity contribution in [2.45, 2.75) is 13.1 Å². The zero-order valence-corrected chi connectivity index (χ0v) is 13.1. The molecule has 1 amide bonds. The van der Waals surface area contributed by atoms with E-state index in [9.17, 15) is 18.0 Å². The van der Waals surface area contributed by atoms with Crippen molar-refractivity contribution >= 4 is 11.6 Å². The molecular formula is C17H13F3N4O. The quantitative estimate of drug-likeness (QED) is 0.784. The molecule has 2 heterocycles. The Balaban J connectivity index is 1.79. The van der Waals surface area contributed by atoms with E-state index in [2.05, 4.69) is 15.4 Å². The third kappa shape index (κ3) is 3.52. The minimum Gasteiger partial charge on any atom is -0.319 e. The molecule has 0 saturated heterocycles. The molecule has 0 fully saturated rings. The first-order valence-electron chi connectivity index (χ1n) is 7.31. The van der Waals surface area contributed by atoms with E-state index < -0.39 is 17.8 Å². The molecule has 0 aliphatic rings. The van der Waals surface area contributed by atoms with Gasteiger partial charge in [-0.3, -0.25) is 9.78 Å². The van der Waals surface area contributed by atoms with Crippen LogP contribution in [0.5, 0.6) is 0 Å². The first-order valence-corrected chi connectivity index (χ1v) is 7.31. The summed E-state index contributed by atoms with van der Waals surface area (Å²) in [6.07, 6.45) is -2.16. The fourth-order valence-corrected chi connectivity index (χ4v) is 2.25. The first kappa shape index (κ1) is 16.7. The third-order valence-corrected chi connectivity index (χ3v) is 3.57. The molecule has 3 rings (SSSR count). The van der Waals surface area contributed by atoms with Crippen molar-refractivity contribution < 1.29 is 18.0 Å². The molecule has 0 aliphatic heterocycles. The molecule has 0 spiro atoms. The fourth-order valence-electron chi connectivity index (χ4n) is 2.25. The van der Waals surface area contributed by atoms with Crippen LogP contribution in [0.3, 0.4) is 0 Å². The van der Waals surface area contributed by atoms with E-state index in [4.69, 9.17) is 0 Å².